The molecule has 0 aliphatic heterocycles. The van der Waals surface area contributed by atoms with Gasteiger partial charge in [-0.3, -0.25) is 4.79 Å². The van der Waals surface area contributed by atoms with Gasteiger partial charge in [-0.1, -0.05) is 77.4 Å². The van der Waals surface area contributed by atoms with Crippen molar-refractivity contribution in [2.75, 3.05) is 6.61 Å². The summed E-state index contributed by atoms with van der Waals surface area (Å²) in [6.07, 6.45) is 21.9. The summed E-state index contributed by atoms with van der Waals surface area (Å²) >= 11 is 0. The predicted octanol–water partition coefficient (Wildman–Crippen LogP) is 6.32. The van der Waals surface area contributed by atoms with Crippen LogP contribution >= 0.6 is 0 Å². The van der Waals surface area contributed by atoms with Crippen molar-refractivity contribution in [1.29, 1.82) is 0 Å². The van der Waals surface area contributed by atoms with E-state index in [4.69, 9.17) is 5.73 Å². The molecule has 1 unspecified atom stereocenters. The van der Waals surface area contributed by atoms with Crippen molar-refractivity contribution in [3.63, 3.8) is 0 Å². The summed E-state index contributed by atoms with van der Waals surface area (Å²) in [4.78, 5) is 14.3. The van der Waals surface area contributed by atoms with Crippen molar-refractivity contribution in [3.05, 3.63) is 12.2 Å². The first kappa shape index (κ1) is 28.1. The van der Waals surface area contributed by atoms with Gasteiger partial charge in [0.25, 0.3) is 0 Å². The molecule has 0 fully saturated rings. The Bertz CT molecular complexity index is 421. The van der Waals surface area contributed by atoms with Crippen LogP contribution in [0, 0.1) is 0 Å². The highest BCUT2D eigenvalue weighted by molar-refractivity contribution is 5.77. The second kappa shape index (κ2) is 17.9. The average molecular weight is 411 g/mol. The fraction of sp³-hybridized carbons (Fsp3) is 0.880. The van der Waals surface area contributed by atoms with Crippen LogP contribution in [-0.4, -0.2) is 34.2 Å². The molecule has 0 aliphatic rings. The van der Waals surface area contributed by atoms with Crippen molar-refractivity contribution < 1.29 is 9.90 Å². The van der Waals surface area contributed by atoms with Crippen molar-refractivity contribution >= 4 is 5.91 Å². The minimum Gasteiger partial charge on any atom is -0.394 e. The van der Waals surface area contributed by atoms with E-state index in [1.54, 1.807) is 4.90 Å². The first-order valence-corrected chi connectivity index (χ1v) is 12.2. The molecular formula is C25H50N2O2. The molecule has 0 aliphatic carbocycles. The van der Waals surface area contributed by atoms with E-state index >= 15 is 0 Å². The maximum atomic E-state index is 12.6. The quantitative estimate of drug-likeness (QED) is 0.149. The molecule has 0 aromatic heterocycles. The van der Waals surface area contributed by atoms with E-state index in [0.717, 1.165) is 12.8 Å². The highest BCUT2D eigenvalue weighted by Gasteiger charge is 2.33. The number of hydrogen-bond acceptors (Lipinski definition) is 3. The molecule has 0 aromatic carbocycles. The Morgan fingerprint density at radius 1 is 0.897 bits per heavy atom. The smallest absolute Gasteiger partial charge is 0.224 e. The van der Waals surface area contributed by atoms with Gasteiger partial charge in [0.15, 0.2) is 0 Å². The number of aliphatic hydroxyl groups excluding tert-OH is 1. The Hall–Kier alpha value is -0.870. The van der Waals surface area contributed by atoms with Crippen LogP contribution in [-0.2, 0) is 4.79 Å². The molecule has 172 valence electrons. The van der Waals surface area contributed by atoms with Gasteiger partial charge in [0.1, 0.15) is 0 Å². The number of unbranched alkanes of at least 4 members (excludes halogenated alkanes) is 11. The number of allylic oxidation sites excluding steroid dienone is 2. The molecule has 1 amide bonds. The van der Waals surface area contributed by atoms with E-state index < -0.39 is 5.54 Å². The third kappa shape index (κ3) is 13.9. The van der Waals surface area contributed by atoms with E-state index in [1.807, 2.05) is 20.8 Å². The van der Waals surface area contributed by atoms with E-state index in [-0.39, 0.29) is 18.7 Å². The third-order valence-corrected chi connectivity index (χ3v) is 5.71. The first-order valence-electron chi connectivity index (χ1n) is 12.2. The Morgan fingerprint density at radius 2 is 1.38 bits per heavy atom. The van der Waals surface area contributed by atoms with Crippen molar-refractivity contribution in [1.82, 2.24) is 4.90 Å². The summed E-state index contributed by atoms with van der Waals surface area (Å²) in [6.45, 7) is 7.92. The van der Waals surface area contributed by atoms with Crippen LogP contribution in [0.5, 0.6) is 0 Å². The number of carbonyl (C=O) groups is 1. The van der Waals surface area contributed by atoms with Gasteiger partial charge in [0, 0.05) is 6.42 Å². The highest BCUT2D eigenvalue weighted by Crippen LogP contribution is 2.20. The second-order valence-corrected chi connectivity index (χ2v) is 9.04. The lowest BCUT2D eigenvalue weighted by Gasteiger charge is -2.41. The number of rotatable bonds is 19. The molecule has 3 N–H and O–H groups in total. The van der Waals surface area contributed by atoms with Crippen LogP contribution in [0.2, 0.25) is 0 Å². The van der Waals surface area contributed by atoms with Gasteiger partial charge in [-0.05, 0) is 52.4 Å². The van der Waals surface area contributed by atoms with Gasteiger partial charge in [0.05, 0.1) is 18.3 Å². The average Bonchev–Trinajstić information content (AvgIpc) is 2.70. The minimum absolute atomic E-state index is 0.0658. The Kier molecular flexibility index (Phi) is 17.4. The fourth-order valence-electron chi connectivity index (χ4n) is 3.70. The zero-order chi connectivity index (χ0) is 22.0. The Labute approximate surface area is 181 Å². The normalized spacial score (nSPS) is 13.2. The maximum Gasteiger partial charge on any atom is 0.224 e. The van der Waals surface area contributed by atoms with E-state index in [2.05, 4.69) is 19.1 Å². The molecule has 0 saturated carbocycles. The lowest BCUT2D eigenvalue weighted by molar-refractivity contribution is -0.142. The standard InChI is InChI=1S/C25H50N2O2/c1-5-7-8-9-10-11-12-13-14-15-16-17-18-19-20-21-24(29)27(23(26)6-2)25(3,4)22-28/h13-14,23,28H,5-12,15-22,26H2,1-4H3/b14-13-. The van der Waals surface area contributed by atoms with Gasteiger partial charge in [-0.25, -0.2) is 0 Å². The zero-order valence-electron chi connectivity index (χ0n) is 19.9. The summed E-state index contributed by atoms with van der Waals surface area (Å²) in [5.41, 5.74) is 5.52. The Balaban J connectivity index is 3.75. The van der Waals surface area contributed by atoms with Crippen LogP contribution in [0.3, 0.4) is 0 Å². The van der Waals surface area contributed by atoms with Crippen molar-refractivity contribution in [2.45, 2.75) is 136 Å². The number of hydrogen-bond donors (Lipinski definition) is 2. The lowest BCUT2D eigenvalue weighted by Crippen LogP contribution is -2.58. The van der Waals surface area contributed by atoms with Gasteiger partial charge in [-0.2, -0.15) is 0 Å². The number of nitrogens with zero attached hydrogens (tertiary/aromatic N) is 1. The van der Waals surface area contributed by atoms with Crippen LogP contribution in [0.1, 0.15) is 124 Å². The molecule has 0 saturated heterocycles. The minimum atomic E-state index is -0.603. The monoisotopic (exact) mass is 410 g/mol. The lowest BCUT2D eigenvalue weighted by atomic mass is 10.0. The number of nitrogens with two attached hydrogens (primary N) is 1. The van der Waals surface area contributed by atoms with Gasteiger partial charge < -0.3 is 15.7 Å². The van der Waals surface area contributed by atoms with Crippen molar-refractivity contribution in [3.8, 4) is 0 Å². The molecule has 0 radical (unpaired) electrons. The molecular weight excluding hydrogens is 360 g/mol. The summed E-state index contributed by atoms with van der Waals surface area (Å²) in [5.74, 6) is 0.0658. The van der Waals surface area contributed by atoms with Crippen molar-refractivity contribution in [2.24, 2.45) is 5.73 Å². The number of amides is 1. The summed E-state index contributed by atoms with van der Waals surface area (Å²) in [7, 11) is 0. The van der Waals surface area contributed by atoms with Crippen LogP contribution in [0.4, 0.5) is 0 Å². The fourth-order valence-corrected chi connectivity index (χ4v) is 3.70. The van der Waals surface area contributed by atoms with E-state index in [0.29, 0.717) is 12.8 Å². The molecule has 0 spiro atoms. The SMILES string of the molecule is CCCCCCCC/C=C\CCCCCCCC(=O)N(C(N)CC)C(C)(C)CO. The van der Waals surface area contributed by atoms with Gasteiger partial charge >= 0.3 is 0 Å². The molecule has 0 heterocycles. The molecule has 29 heavy (non-hydrogen) atoms. The molecule has 4 nitrogen and oxygen atoms in total. The van der Waals surface area contributed by atoms with Crippen LogP contribution < -0.4 is 5.73 Å². The molecule has 4 heteroatoms. The number of carbonyl (C=O) groups excluding carboxylic acids is 1. The van der Waals surface area contributed by atoms with Crippen LogP contribution in [0.15, 0.2) is 12.2 Å². The summed E-state index contributed by atoms with van der Waals surface area (Å²) in [6, 6.07) is 0. The van der Waals surface area contributed by atoms with Gasteiger partial charge in [0.2, 0.25) is 5.91 Å². The summed E-state index contributed by atoms with van der Waals surface area (Å²) in [5, 5.41) is 9.61. The third-order valence-electron chi connectivity index (χ3n) is 5.71. The zero-order valence-corrected chi connectivity index (χ0v) is 19.9. The highest BCUT2D eigenvalue weighted by atomic mass is 16.3. The van der Waals surface area contributed by atoms with Crippen LogP contribution in [0.25, 0.3) is 0 Å². The molecule has 0 aromatic rings. The molecule has 1 atom stereocenters. The molecule has 0 bridgehead atoms. The maximum absolute atomic E-state index is 12.6. The largest absolute Gasteiger partial charge is 0.394 e. The van der Waals surface area contributed by atoms with E-state index in [9.17, 15) is 9.90 Å². The molecule has 0 rings (SSSR count). The number of aliphatic hydroxyl groups is 1. The topological polar surface area (TPSA) is 66.6 Å². The second-order valence-electron chi connectivity index (χ2n) is 9.04. The Morgan fingerprint density at radius 3 is 1.86 bits per heavy atom. The predicted molar refractivity (Wildman–Crippen MR) is 126 cm³/mol. The first-order chi connectivity index (χ1) is 13.9. The van der Waals surface area contributed by atoms with Gasteiger partial charge in [-0.15, -0.1) is 0 Å². The summed E-state index contributed by atoms with van der Waals surface area (Å²) < 4.78 is 0. The van der Waals surface area contributed by atoms with E-state index in [1.165, 1.54) is 70.6 Å².